The Hall–Kier alpha value is -1.52. The van der Waals surface area contributed by atoms with Gasteiger partial charge in [-0.25, -0.2) is 0 Å². The van der Waals surface area contributed by atoms with Crippen LogP contribution in [0.5, 0.6) is 5.75 Å². The number of rotatable bonds is 6. The molecule has 1 aromatic rings. The van der Waals surface area contributed by atoms with Crippen LogP contribution in [0, 0.1) is 0 Å². The van der Waals surface area contributed by atoms with Gasteiger partial charge in [-0.05, 0) is 37.1 Å². The first-order valence-corrected chi connectivity index (χ1v) is 7.24. The molecule has 0 radical (unpaired) electrons. The van der Waals surface area contributed by atoms with Gasteiger partial charge in [0, 0.05) is 38.4 Å². The second-order valence-electron chi connectivity index (χ2n) is 5.32. The summed E-state index contributed by atoms with van der Waals surface area (Å²) in [5.74, 6) is 0.303. The predicted octanol–water partition coefficient (Wildman–Crippen LogP) is 1.84. The van der Waals surface area contributed by atoms with E-state index in [-0.39, 0.29) is 6.10 Å². The van der Waals surface area contributed by atoms with Gasteiger partial charge in [-0.2, -0.15) is 0 Å². The fourth-order valence-corrected chi connectivity index (χ4v) is 2.55. The smallest absolute Gasteiger partial charge is 0.115 e. The number of hydrogen-bond donors (Lipinski definition) is 2. The van der Waals surface area contributed by atoms with Gasteiger partial charge >= 0.3 is 0 Å². The maximum Gasteiger partial charge on any atom is 0.115 e. The molecular formula is C16H24N2O2. The van der Waals surface area contributed by atoms with Gasteiger partial charge in [0.05, 0.1) is 6.10 Å². The molecule has 1 aliphatic rings. The van der Waals surface area contributed by atoms with Crippen LogP contribution in [-0.4, -0.2) is 53.9 Å². The lowest BCUT2D eigenvalue weighted by Crippen LogP contribution is -2.48. The van der Waals surface area contributed by atoms with E-state index in [1.165, 1.54) is 0 Å². The monoisotopic (exact) mass is 276 g/mol. The molecule has 0 aromatic heterocycles. The van der Waals surface area contributed by atoms with Crippen molar-refractivity contribution in [3.05, 3.63) is 36.9 Å². The number of β-amino-alcohol motifs (C(OH)–C–C–N with tert-alkyl or cyclic N) is 1. The number of anilines is 1. The van der Waals surface area contributed by atoms with Crippen molar-refractivity contribution in [1.82, 2.24) is 4.90 Å². The molecule has 0 bridgehead atoms. The second kappa shape index (κ2) is 7.31. The molecule has 0 amide bonds. The maximum atomic E-state index is 9.92. The number of aliphatic hydroxyl groups excluding tert-OH is 1. The van der Waals surface area contributed by atoms with E-state index in [1.54, 1.807) is 12.1 Å². The minimum atomic E-state index is -0.256. The highest BCUT2D eigenvalue weighted by atomic mass is 16.3. The average molecular weight is 276 g/mol. The Morgan fingerprint density at radius 2 is 1.80 bits per heavy atom. The molecule has 110 valence electrons. The molecule has 4 heteroatoms. The molecule has 0 aliphatic carbocycles. The highest BCUT2D eigenvalue weighted by Crippen LogP contribution is 2.19. The van der Waals surface area contributed by atoms with E-state index in [0.717, 1.165) is 51.3 Å². The fraction of sp³-hybridized carbons (Fsp3) is 0.500. The molecule has 0 saturated carbocycles. The van der Waals surface area contributed by atoms with Crippen LogP contribution in [0.25, 0.3) is 0 Å². The molecule has 2 rings (SSSR count). The van der Waals surface area contributed by atoms with Gasteiger partial charge in [0.25, 0.3) is 0 Å². The summed E-state index contributed by atoms with van der Waals surface area (Å²) in [5, 5.41) is 19.2. The summed E-state index contributed by atoms with van der Waals surface area (Å²) in [4.78, 5) is 4.62. The minimum absolute atomic E-state index is 0.256. The summed E-state index contributed by atoms with van der Waals surface area (Å²) >= 11 is 0. The molecule has 1 atom stereocenters. The molecule has 2 N–H and O–H groups in total. The van der Waals surface area contributed by atoms with Crippen LogP contribution in [0.3, 0.4) is 0 Å². The molecular weight excluding hydrogens is 252 g/mol. The normalized spacial score (nSPS) is 17.9. The number of benzene rings is 1. The Morgan fingerprint density at radius 3 is 2.40 bits per heavy atom. The lowest BCUT2D eigenvalue weighted by molar-refractivity contribution is 0.103. The third kappa shape index (κ3) is 4.25. The van der Waals surface area contributed by atoms with E-state index >= 15 is 0 Å². The zero-order valence-corrected chi connectivity index (χ0v) is 11.9. The first-order valence-electron chi connectivity index (χ1n) is 7.24. The molecule has 4 nitrogen and oxygen atoms in total. The number of aromatic hydroxyl groups is 1. The number of phenols is 1. The van der Waals surface area contributed by atoms with Gasteiger partial charge in [0.1, 0.15) is 5.75 Å². The molecule has 1 unspecified atom stereocenters. The highest BCUT2D eigenvalue weighted by molar-refractivity contribution is 5.49. The topological polar surface area (TPSA) is 46.9 Å². The van der Waals surface area contributed by atoms with Gasteiger partial charge in [0.15, 0.2) is 0 Å². The largest absolute Gasteiger partial charge is 0.508 e. The first kappa shape index (κ1) is 14.9. The van der Waals surface area contributed by atoms with Crippen molar-refractivity contribution < 1.29 is 10.2 Å². The van der Waals surface area contributed by atoms with E-state index in [0.29, 0.717) is 5.75 Å². The predicted molar refractivity (Wildman–Crippen MR) is 82.2 cm³/mol. The third-order valence-corrected chi connectivity index (χ3v) is 3.76. The van der Waals surface area contributed by atoms with Crippen molar-refractivity contribution in [3.8, 4) is 5.75 Å². The molecule has 0 spiro atoms. The summed E-state index contributed by atoms with van der Waals surface area (Å²) in [5.41, 5.74) is 1.15. The second-order valence-corrected chi connectivity index (χ2v) is 5.32. The number of phenolic OH excluding ortho intramolecular Hbond substituents is 1. The lowest BCUT2D eigenvalue weighted by atomic mass is 10.1. The van der Waals surface area contributed by atoms with Gasteiger partial charge in [-0.15, -0.1) is 6.58 Å². The number of nitrogens with zero attached hydrogens (tertiary/aromatic N) is 2. The minimum Gasteiger partial charge on any atom is -0.508 e. The third-order valence-electron chi connectivity index (χ3n) is 3.76. The fourth-order valence-electron chi connectivity index (χ4n) is 2.55. The summed E-state index contributed by atoms with van der Waals surface area (Å²) < 4.78 is 0. The number of aliphatic hydroxyl groups is 1. The van der Waals surface area contributed by atoms with Crippen molar-refractivity contribution in [2.24, 2.45) is 0 Å². The Balaban J connectivity index is 1.77. The standard InChI is InChI=1S/C16H24N2O2/c1-2-3-4-16(20)13-17-9-11-18(12-10-17)14-5-7-15(19)8-6-14/h2,5-8,16,19-20H,1,3-4,9-13H2. The summed E-state index contributed by atoms with van der Waals surface area (Å²) in [6, 6.07) is 7.34. The van der Waals surface area contributed by atoms with Crippen molar-refractivity contribution in [2.45, 2.75) is 18.9 Å². The average Bonchev–Trinajstić information content (AvgIpc) is 2.47. The lowest BCUT2D eigenvalue weighted by Gasteiger charge is -2.36. The van der Waals surface area contributed by atoms with Crippen LogP contribution in [0.4, 0.5) is 5.69 Å². The van der Waals surface area contributed by atoms with Gasteiger partial charge in [0.2, 0.25) is 0 Å². The zero-order valence-electron chi connectivity index (χ0n) is 11.9. The van der Waals surface area contributed by atoms with Crippen molar-refractivity contribution in [1.29, 1.82) is 0 Å². The Labute approximate surface area is 120 Å². The Morgan fingerprint density at radius 1 is 1.15 bits per heavy atom. The van der Waals surface area contributed by atoms with E-state index in [2.05, 4.69) is 16.4 Å². The van der Waals surface area contributed by atoms with E-state index in [9.17, 15) is 10.2 Å². The van der Waals surface area contributed by atoms with Crippen LogP contribution >= 0.6 is 0 Å². The molecule has 1 aliphatic heterocycles. The summed E-state index contributed by atoms with van der Waals surface area (Å²) in [6.45, 7) is 8.27. The number of piperazine rings is 1. The Bertz CT molecular complexity index is 411. The molecule has 1 heterocycles. The number of allylic oxidation sites excluding steroid dienone is 1. The van der Waals surface area contributed by atoms with Crippen LogP contribution < -0.4 is 4.90 Å². The van der Waals surface area contributed by atoms with E-state index in [1.807, 2.05) is 18.2 Å². The molecule has 1 fully saturated rings. The van der Waals surface area contributed by atoms with E-state index in [4.69, 9.17) is 0 Å². The van der Waals surface area contributed by atoms with E-state index < -0.39 is 0 Å². The van der Waals surface area contributed by atoms with Crippen LogP contribution in [0.2, 0.25) is 0 Å². The first-order chi connectivity index (χ1) is 9.69. The SMILES string of the molecule is C=CCCC(O)CN1CCN(c2ccc(O)cc2)CC1. The van der Waals surface area contributed by atoms with Gasteiger partial charge in [-0.3, -0.25) is 4.90 Å². The number of hydrogen-bond acceptors (Lipinski definition) is 4. The zero-order chi connectivity index (χ0) is 14.4. The van der Waals surface area contributed by atoms with Gasteiger partial charge < -0.3 is 15.1 Å². The summed E-state index contributed by atoms with van der Waals surface area (Å²) in [6.07, 6.45) is 3.26. The quantitative estimate of drug-likeness (QED) is 0.778. The van der Waals surface area contributed by atoms with Gasteiger partial charge in [-0.1, -0.05) is 6.08 Å². The molecule has 1 saturated heterocycles. The van der Waals surface area contributed by atoms with Crippen molar-refractivity contribution >= 4 is 5.69 Å². The Kier molecular flexibility index (Phi) is 5.44. The van der Waals surface area contributed by atoms with Crippen molar-refractivity contribution in [2.75, 3.05) is 37.6 Å². The summed E-state index contributed by atoms with van der Waals surface area (Å²) in [7, 11) is 0. The molecule has 1 aromatic carbocycles. The van der Waals surface area contributed by atoms with Crippen molar-refractivity contribution in [3.63, 3.8) is 0 Å². The van der Waals surface area contributed by atoms with Crippen LogP contribution in [-0.2, 0) is 0 Å². The van der Waals surface area contributed by atoms with Crippen LogP contribution in [0.15, 0.2) is 36.9 Å². The molecule has 20 heavy (non-hydrogen) atoms. The van der Waals surface area contributed by atoms with Crippen LogP contribution in [0.1, 0.15) is 12.8 Å². The maximum absolute atomic E-state index is 9.92. The highest BCUT2D eigenvalue weighted by Gasteiger charge is 2.19.